The van der Waals surface area contributed by atoms with E-state index in [-0.39, 0.29) is 37.0 Å². The van der Waals surface area contributed by atoms with Crippen LogP contribution in [0.15, 0.2) is 47.5 Å². The first kappa shape index (κ1) is 30.9. The summed E-state index contributed by atoms with van der Waals surface area (Å²) in [6.07, 6.45) is 0.693. The first-order chi connectivity index (χ1) is 21.2. The standard InChI is InChI=1S/C32H32ClN7O3S/c1-18-19(2)44-32-29(18)30(21-8-10-23(33)11-9-21)37-25(31-39-38-20(3)40(31)32)17-28(43)35-15-5-7-27(42)36-24-12-13-26(41)22(16-24)6-4-14-34/h8-13,16,25,41H,5,7,14-15,17,34H2,1-3H3,(H,35,43)(H,36,42)/t25-/m0/s1. The topological polar surface area (TPSA) is 148 Å². The van der Waals surface area contributed by atoms with Crippen LogP contribution in [-0.4, -0.2) is 50.5 Å². The van der Waals surface area contributed by atoms with Crippen molar-refractivity contribution in [1.82, 2.24) is 20.1 Å². The van der Waals surface area contributed by atoms with Crippen molar-refractivity contribution in [1.29, 1.82) is 0 Å². The van der Waals surface area contributed by atoms with E-state index in [1.807, 2.05) is 35.8 Å². The Morgan fingerprint density at radius 2 is 1.89 bits per heavy atom. The van der Waals surface area contributed by atoms with Crippen molar-refractivity contribution in [3.63, 3.8) is 0 Å². The molecule has 1 atom stereocenters. The van der Waals surface area contributed by atoms with Crippen LogP contribution in [0, 0.1) is 32.6 Å². The Labute approximate surface area is 264 Å². The minimum absolute atomic E-state index is 0.0132. The van der Waals surface area contributed by atoms with E-state index in [2.05, 4.69) is 46.5 Å². The molecule has 0 aliphatic carbocycles. The fourth-order valence-electron chi connectivity index (χ4n) is 4.94. The maximum absolute atomic E-state index is 13.2. The highest BCUT2D eigenvalue weighted by Gasteiger charge is 2.32. The number of aromatic nitrogens is 3. The smallest absolute Gasteiger partial charge is 0.224 e. The molecule has 3 heterocycles. The molecule has 44 heavy (non-hydrogen) atoms. The molecule has 0 unspecified atom stereocenters. The van der Waals surface area contributed by atoms with Crippen LogP contribution in [0.5, 0.6) is 5.75 Å². The Bertz CT molecular complexity index is 1820. The third-order valence-corrected chi connectivity index (χ3v) is 8.69. The highest BCUT2D eigenvalue weighted by molar-refractivity contribution is 7.15. The van der Waals surface area contributed by atoms with Crippen LogP contribution in [-0.2, 0) is 9.59 Å². The molecule has 0 bridgehead atoms. The molecule has 12 heteroatoms. The summed E-state index contributed by atoms with van der Waals surface area (Å²) in [6, 6.07) is 11.6. The number of hydrogen-bond acceptors (Lipinski definition) is 8. The van der Waals surface area contributed by atoms with Crippen LogP contribution in [0.3, 0.4) is 0 Å². The van der Waals surface area contributed by atoms with Gasteiger partial charge in [-0.25, -0.2) is 0 Å². The molecule has 1 aliphatic heterocycles. The molecule has 10 nitrogen and oxygen atoms in total. The zero-order valence-corrected chi connectivity index (χ0v) is 26.1. The number of aromatic hydroxyl groups is 1. The monoisotopic (exact) mass is 629 g/mol. The van der Waals surface area contributed by atoms with Gasteiger partial charge in [0.2, 0.25) is 11.8 Å². The maximum Gasteiger partial charge on any atom is 0.224 e. The van der Waals surface area contributed by atoms with Gasteiger partial charge in [-0.2, -0.15) is 0 Å². The van der Waals surface area contributed by atoms with Gasteiger partial charge in [0.25, 0.3) is 0 Å². The number of nitrogens with two attached hydrogens (primary N) is 1. The molecule has 0 radical (unpaired) electrons. The number of rotatable bonds is 8. The quantitative estimate of drug-likeness (QED) is 0.126. The number of anilines is 1. The molecule has 2 aromatic carbocycles. The number of aliphatic imine (C=N–C) groups is 1. The molecule has 2 amide bonds. The highest BCUT2D eigenvalue weighted by atomic mass is 35.5. The molecule has 5 N–H and O–H groups in total. The normalized spacial score (nSPS) is 13.6. The first-order valence-corrected chi connectivity index (χ1v) is 15.3. The van der Waals surface area contributed by atoms with E-state index >= 15 is 0 Å². The Morgan fingerprint density at radius 1 is 1.11 bits per heavy atom. The fraction of sp³-hybridized carbons (Fsp3) is 0.281. The molecule has 2 aromatic heterocycles. The SMILES string of the molecule is Cc1sc2c(c1C)C(c1ccc(Cl)cc1)=N[C@@H](CC(=O)NCCCC(=O)Nc1ccc(O)c(C#CCN)c1)c1nnc(C)n1-2. The number of thiophene rings is 1. The van der Waals surface area contributed by atoms with E-state index in [4.69, 9.17) is 22.3 Å². The summed E-state index contributed by atoms with van der Waals surface area (Å²) in [5.41, 5.74) is 10.1. The molecular weight excluding hydrogens is 598 g/mol. The van der Waals surface area contributed by atoms with Gasteiger partial charge in [-0.05, 0) is 63.1 Å². The summed E-state index contributed by atoms with van der Waals surface area (Å²) in [5, 5.41) is 26.0. The van der Waals surface area contributed by atoms with Crippen LogP contribution in [0.2, 0.25) is 5.02 Å². The second kappa shape index (κ2) is 13.4. The summed E-state index contributed by atoms with van der Waals surface area (Å²) in [6.45, 7) is 6.53. The lowest BCUT2D eigenvalue weighted by Gasteiger charge is -2.13. The van der Waals surface area contributed by atoms with Crippen molar-refractivity contribution in [3.05, 3.63) is 86.3 Å². The van der Waals surface area contributed by atoms with Crippen molar-refractivity contribution in [2.75, 3.05) is 18.4 Å². The second-order valence-electron chi connectivity index (χ2n) is 10.3. The Hall–Kier alpha value is -4.50. The molecule has 0 saturated carbocycles. The molecular formula is C32H32ClN7O3S. The van der Waals surface area contributed by atoms with Crippen LogP contribution < -0.4 is 16.4 Å². The average Bonchev–Trinajstić information content (AvgIpc) is 3.47. The molecule has 0 saturated heterocycles. The van der Waals surface area contributed by atoms with Gasteiger partial charge in [0, 0.05) is 39.7 Å². The summed E-state index contributed by atoms with van der Waals surface area (Å²) >= 11 is 7.84. The number of nitrogens with zero attached hydrogens (tertiary/aromatic N) is 4. The van der Waals surface area contributed by atoms with Gasteiger partial charge in [-0.15, -0.1) is 21.5 Å². The lowest BCUT2D eigenvalue weighted by Crippen LogP contribution is -2.27. The first-order valence-electron chi connectivity index (χ1n) is 14.1. The number of amides is 2. The number of phenolic OH excluding ortho intramolecular Hbond substituents is 1. The summed E-state index contributed by atoms with van der Waals surface area (Å²) < 4.78 is 2.01. The number of hydrogen-bond donors (Lipinski definition) is 4. The van der Waals surface area contributed by atoms with Gasteiger partial charge in [0.05, 0.1) is 24.2 Å². The third-order valence-electron chi connectivity index (χ3n) is 7.24. The van der Waals surface area contributed by atoms with E-state index in [0.29, 0.717) is 35.1 Å². The molecule has 0 spiro atoms. The van der Waals surface area contributed by atoms with Crippen molar-refractivity contribution in [2.45, 2.75) is 46.1 Å². The Balaban J connectivity index is 1.27. The number of phenols is 1. The number of halogens is 1. The van der Waals surface area contributed by atoms with Crippen molar-refractivity contribution >= 4 is 46.2 Å². The third kappa shape index (κ3) is 6.68. The van der Waals surface area contributed by atoms with Crippen LogP contribution >= 0.6 is 22.9 Å². The lowest BCUT2D eigenvalue weighted by molar-refractivity contribution is -0.122. The minimum atomic E-state index is -0.574. The van der Waals surface area contributed by atoms with Gasteiger partial charge in [0.1, 0.15) is 22.6 Å². The number of benzene rings is 2. The number of aryl methyl sites for hydroxylation is 2. The predicted molar refractivity (Wildman–Crippen MR) is 173 cm³/mol. The van der Waals surface area contributed by atoms with Crippen molar-refractivity contribution in [3.8, 4) is 22.6 Å². The zero-order valence-electron chi connectivity index (χ0n) is 24.6. The largest absolute Gasteiger partial charge is 0.507 e. The molecule has 1 aliphatic rings. The van der Waals surface area contributed by atoms with E-state index in [0.717, 1.165) is 33.2 Å². The highest BCUT2D eigenvalue weighted by Crippen LogP contribution is 2.39. The Kier molecular flexibility index (Phi) is 9.44. The summed E-state index contributed by atoms with van der Waals surface area (Å²) in [5.74, 6) is 6.37. The van der Waals surface area contributed by atoms with Gasteiger partial charge in [0.15, 0.2) is 5.82 Å². The summed E-state index contributed by atoms with van der Waals surface area (Å²) in [4.78, 5) is 31.9. The average molecular weight is 630 g/mol. The number of carbonyl (C=O) groups is 2. The van der Waals surface area contributed by atoms with E-state index in [1.165, 1.54) is 10.9 Å². The van der Waals surface area contributed by atoms with Crippen LogP contribution in [0.4, 0.5) is 5.69 Å². The zero-order chi connectivity index (χ0) is 31.4. The van der Waals surface area contributed by atoms with Crippen LogP contribution in [0.25, 0.3) is 5.00 Å². The Morgan fingerprint density at radius 3 is 2.64 bits per heavy atom. The lowest BCUT2D eigenvalue weighted by atomic mass is 9.99. The number of nitrogens with one attached hydrogen (secondary N) is 2. The van der Waals surface area contributed by atoms with E-state index < -0.39 is 6.04 Å². The maximum atomic E-state index is 13.2. The summed E-state index contributed by atoms with van der Waals surface area (Å²) in [7, 11) is 0. The molecule has 226 valence electrons. The van der Waals surface area contributed by atoms with Gasteiger partial charge < -0.3 is 21.5 Å². The predicted octanol–water partition coefficient (Wildman–Crippen LogP) is 4.74. The van der Waals surface area contributed by atoms with Gasteiger partial charge >= 0.3 is 0 Å². The number of carbonyl (C=O) groups excluding carboxylic acids is 2. The van der Waals surface area contributed by atoms with Crippen LogP contribution in [0.1, 0.15) is 64.1 Å². The van der Waals surface area contributed by atoms with E-state index in [1.54, 1.807) is 23.5 Å². The van der Waals surface area contributed by atoms with Gasteiger partial charge in [-0.3, -0.25) is 19.1 Å². The number of fused-ring (bicyclic) bond motifs is 3. The van der Waals surface area contributed by atoms with E-state index in [9.17, 15) is 14.7 Å². The molecule has 4 aromatic rings. The minimum Gasteiger partial charge on any atom is -0.507 e. The molecule has 5 rings (SSSR count). The van der Waals surface area contributed by atoms with Crippen molar-refractivity contribution in [2.24, 2.45) is 10.7 Å². The van der Waals surface area contributed by atoms with Gasteiger partial charge in [-0.1, -0.05) is 35.6 Å². The second-order valence-corrected chi connectivity index (χ2v) is 12.0. The molecule has 0 fully saturated rings. The van der Waals surface area contributed by atoms with Crippen molar-refractivity contribution < 1.29 is 14.7 Å². The fourth-order valence-corrected chi connectivity index (χ4v) is 6.28.